The summed E-state index contributed by atoms with van der Waals surface area (Å²) in [5.74, 6) is -0.786. The van der Waals surface area contributed by atoms with Crippen LogP contribution in [-0.2, 0) is 0 Å². The number of nitrogens with one attached hydrogen (secondary N) is 2. The van der Waals surface area contributed by atoms with Crippen molar-refractivity contribution in [2.75, 3.05) is 7.11 Å². The maximum Gasteiger partial charge on any atom is 0.258 e. The van der Waals surface area contributed by atoms with Crippen LogP contribution in [0.4, 0.5) is 4.39 Å². The minimum atomic E-state index is -0.655. The van der Waals surface area contributed by atoms with Crippen molar-refractivity contribution in [1.29, 1.82) is 0 Å². The molecule has 0 radical (unpaired) electrons. The first-order valence-electron chi connectivity index (χ1n) is 5.50. The summed E-state index contributed by atoms with van der Waals surface area (Å²) in [6.07, 6.45) is 0. The molecule has 0 aliphatic carbocycles. The lowest BCUT2D eigenvalue weighted by Gasteiger charge is -2.12. The number of methoxy groups -OCH3 is 1. The van der Waals surface area contributed by atoms with Crippen molar-refractivity contribution in [2.45, 2.75) is 13.0 Å². The number of H-pyrrole nitrogens is 1. The second-order valence-corrected chi connectivity index (χ2v) is 3.78. The van der Waals surface area contributed by atoms with Crippen molar-refractivity contribution in [3.05, 3.63) is 35.4 Å². The first kappa shape index (κ1) is 12.9. The number of hydrogen-bond donors (Lipinski definition) is 2. The molecule has 19 heavy (non-hydrogen) atoms. The Morgan fingerprint density at radius 3 is 2.95 bits per heavy atom. The highest BCUT2D eigenvalue weighted by Gasteiger charge is 2.21. The molecule has 0 saturated heterocycles. The molecular formula is C11H12FN5O2. The highest BCUT2D eigenvalue weighted by Crippen LogP contribution is 2.21. The largest absolute Gasteiger partial charge is 0.496 e. The van der Waals surface area contributed by atoms with Crippen LogP contribution in [0.3, 0.4) is 0 Å². The molecule has 100 valence electrons. The van der Waals surface area contributed by atoms with E-state index in [4.69, 9.17) is 4.74 Å². The van der Waals surface area contributed by atoms with Crippen molar-refractivity contribution in [3.63, 3.8) is 0 Å². The normalized spacial score (nSPS) is 11.9. The van der Waals surface area contributed by atoms with Crippen LogP contribution in [0.2, 0.25) is 0 Å². The fourth-order valence-corrected chi connectivity index (χ4v) is 1.58. The summed E-state index contributed by atoms with van der Waals surface area (Å²) in [4.78, 5) is 12.0. The van der Waals surface area contributed by atoms with Crippen LogP contribution >= 0.6 is 0 Å². The van der Waals surface area contributed by atoms with Crippen molar-refractivity contribution in [2.24, 2.45) is 0 Å². The molecule has 1 aromatic carbocycles. The van der Waals surface area contributed by atoms with E-state index in [1.165, 1.54) is 25.3 Å². The Hall–Kier alpha value is -2.51. The van der Waals surface area contributed by atoms with E-state index in [0.29, 0.717) is 5.82 Å². The topological polar surface area (TPSA) is 92.8 Å². The number of nitrogens with zero attached hydrogens (tertiary/aromatic N) is 3. The number of rotatable bonds is 4. The minimum absolute atomic E-state index is 0.152. The molecule has 7 nitrogen and oxygen atoms in total. The molecule has 8 heteroatoms. The standard InChI is InChI=1S/C11H12FN5O2/c1-6(10-14-16-17-15-10)13-11(18)9-7(12)4-3-5-8(9)19-2/h3-6H,1-2H3,(H,13,18)(H,14,15,16,17). The van der Waals surface area contributed by atoms with Gasteiger partial charge in [-0.2, -0.15) is 5.21 Å². The zero-order chi connectivity index (χ0) is 13.8. The SMILES string of the molecule is COc1cccc(F)c1C(=O)NC(C)c1nn[nH]n1. The monoisotopic (exact) mass is 265 g/mol. The van der Waals surface area contributed by atoms with Gasteiger partial charge in [0.1, 0.15) is 17.1 Å². The lowest BCUT2D eigenvalue weighted by Crippen LogP contribution is -2.28. The van der Waals surface area contributed by atoms with E-state index in [1.54, 1.807) is 6.92 Å². The van der Waals surface area contributed by atoms with Crippen molar-refractivity contribution < 1.29 is 13.9 Å². The summed E-state index contributed by atoms with van der Waals surface area (Å²) in [6.45, 7) is 1.66. The summed E-state index contributed by atoms with van der Waals surface area (Å²) in [7, 11) is 1.37. The van der Waals surface area contributed by atoms with Crippen LogP contribution in [-0.4, -0.2) is 33.6 Å². The molecule has 1 atom stereocenters. The Kier molecular flexibility index (Phi) is 3.69. The van der Waals surface area contributed by atoms with Gasteiger partial charge >= 0.3 is 0 Å². The Morgan fingerprint density at radius 1 is 1.53 bits per heavy atom. The molecule has 0 fully saturated rings. The first-order valence-corrected chi connectivity index (χ1v) is 5.50. The van der Waals surface area contributed by atoms with Crippen molar-refractivity contribution in [3.8, 4) is 5.75 Å². The minimum Gasteiger partial charge on any atom is -0.496 e. The van der Waals surface area contributed by atoms with Crippen molar-refractivity contribution in [1.82, 2.24) is 25.9 Å². The lowest BCUT2D eigenvalue weighted by atomic mass is 10.1. The van der Waals surface area contributed by atoms with Gasteiger partial charge in [0.05, 0.1) is 13.2 Å². The quantitative estimate of drug-likeness (QED) is 0.854. The third-order valence-electron chi connectivity index (χ3n) is 2.52. The zero-order valence-corrected chi connectivity index (χ0v) is 10.3. The Bertz CT molecular complexity index is 572. The summed E-state index contributed by atoms with van der Waals surface area (Å²) in [5, 5.41) is 15.7. The molecule has 2 N–H and O–H groups in total. The Morgan fingerprint density at radius 2 is 2.32 bits per heavy atom. The Labute approximate surface area is 108 Å². The van der Waals surface area contributed by atoms with E-state index in [0.717, 1.165) is 0 Å². The fourth-order valence-electron chi connectivity index (χ4n) is 1.58. The molecule has 0 spiro atoms. The van der Waals surface area contributed by atoms with E-state index in [2.05, 4.69) is 25.9 Å². The Balaban J connectivity index is 2.21. The zero-order valence-electron chi connectivity index (χ0n) is 10.3. The number of carbonyl (C=O) groups is 1. The molecule has 2 aromatic rings. The molecule has 0 saturated carbocycles. The highest BCUT2D eigenvalue weighted by molar-refractivity contribution is 5.97. The smallest absolute Gasteiger partial charge is 0.258 e. The van der Waals surface area contributed by atoms with Gasteiger partial charge in [0.25, 0.3) is 5.91 Å². The van der Waals surface area contributed by atoms with Gasteiger partial charge in [0.2, 0.25) is 0 Å². The number of carbonyl (C=O) groups excluding carboxylic acids is 1. The lowest BCUT2D eigenvalue weighted by molar-refractivity contribution is 0.0931. The summed E-state index contributed by atoms with van der Waals surface area (Å²) >= 11 is 0. The van der Waals surface area contributed by atoms with E-state index >= 15 is 0 Å². The number of tetrazole rings is 1. The average Bonchev–Trinajstić information content (AvgIpc) is 2.92. The third kappa shape index (κ3) is 2.67. The first-order chi connectivity index (χ1) is 9.13. The second kappa shape index (κ2) is 5.42. The van der Waals surface area contributed by atoms with Gasteiger partial charge in [-0.25, -0.2) is 4.39 Å². The number of aromatic amines is 1. The van der Waals surface area contributed by atoms with E-state index in [1.807, 2.05) is 0 Å². The molecule has 1 heterocycles. The van der Waals surface area contributed by atoms with Gasteiger partial charge in [0, 0.05) is 0 Å². The number of amides is 1. The summed E-state index contributed by atoms with van der Waals surface area (Å²) in [6, 6.07) is 3.66. The van der Waals surface area contributed by atoms with Crippen LogP contribution in [0.5, 0.6) is 5.75 Å². The molecule has 1 aromatic heterocycles. The second-order valence-electron chi connectivity index (χ2n) is 3.78. The number of ether oxygens (including phenoxy) is 1. The number of hydrogen-bond acceptors (Lipinski definition) is 5. The number of halogens is 1. The fraction of sp³-hybridized carbons (Fsp3) is 0.273. The molecule has 0 aliphatic heterocycles. The molecular weight excluding hydrogens is 253 g/mol. The average molecular weight is 265 g/mol. The molecule has 2 rings (SSSR count). The predicted molar refractivity (Wildman–Crippen MR) is 63.0 cm³/mol. The van der Waals surface area contributed by atoms with Crippen LogP contribution in [0.1, 0.15) is 29.1 Å². The summed E-state index contributed by atoms with van der Waals surface area (Å²) < 4.78 is 18.7. The van der Waals surface area contributed by atoms with Gasteiger partial charge in [-0.15, -0.1) is 10.2 Å². The molecule has 1 unspecified atom stereocenters. The van der Waals surface area contributed by atoms with Gasteiger partial charge < -0.3 is 10.1 Å². The van der Waals surface area contributed by atoms with Crippen LogP contribution < -0.4 is 10.1 Å². The van der Waals surface area contributed by atoms with Crippen LogP contribution in [0.25, 0.3) is 0 Å². The van der Waals surface area contributed by atoms with E-state index in [-0.39, 0.29) is 11.3 Å². The number of aromatic nitrogens is 4. The van der Waals surface area contributed by atoms with Gasteiger partial charge in [-0.3, -0.25) is 4.79 Å². The van der Waals surface area contributed by atoms with E-state index in [9.17, 15) is 9.18 Å². The number of benzene rings is 1. The van der Waals surface area contributed by atoms with E-state index < -0.39 is 17.8 Å². The van der Waals surface area contributed by atoms with Gasteiger partial charge in [-0.05, 0) is 19.1 Å². The van der Waals surface area contributed by atoms with Crippen molar-refractivity contribution >= 4 is 5.91 Å². The molecule has 1 amide bonds. The van der Waals surface area contributed by atoms with Crippen LogP contribution in [0, 0.1) is 5.82 Å². The summed E-state index contributed by atoms with van der Waals surface area (Å²) in [5.41, 5.74) is -0.152. The predicted octanol–water partition coefficient (Wildman–Crippen LogP) is 0.838. The molecule has 0 aliphatic rings. The maximum absolute atomic E-state index is 13.7. The maximum atomic E-state index is 13.7. The molecule has 0 bridgehead atoms. The highest BCUT2D eigenvalue weighted by atomic mass is 19.1. The van der Waals surface area contributed by atoms with Gasteiger partial charge in [-0.1, -0.05) is 11.3 Å². The van der Waals surface area contributed by atoms with Gasteiger partial charge in [0.15, 0.2) is 5.82 Å². The van der Waals surface area contributed by atoms with Crippen LogP contribution in [0.15, 0.2) is 18.2 Å². The third-order valence-corrected chi connectivity index (χ3v) is 2.52.